The van der Waals surface area contributed by atoms with E-state index < -0.39 is 0 Å². The number of hydrogen-bond acceptors (Lipinski definition) is 5. The molecule has 0 unspecified atom stereocenters. The van der Waals surface area contributed by atoms with Gasteiger partial charge in [0.25, 0.3) is 5.91 Å². The quantitative estimate of drug-likeness (QED) is 0.394. The Morgan fingerprint density at radius 3 is 2.63 bits per heavy atom. The predicted molar refractivity (Wildman–Crippen MR) is 120 cm³/mol. The zero-order valence-corrected chi connectivity index (χ0v) is 18.9. The van der Waals surface area contributed by atoms with Gasteiger partial charge in [0.2, 0.25) is 0 Å². The third-order valence-corrected chi connectivity index (χ3v) is 5.50. The van der Waals surface area contributed by atoms with E-state index in [2.05, 4.69) is 39.0 Å². The van der Waals surface area contributed by atoms with Crippen molar-refractivity contribution in [3.05, 3.63) is 53.6 Å². The third kappa shape index (κ3) is 5.11. The van der Waals surface area contributed by atoms with Crippen molar-refractivity contribution in [1.82, 2.24) is 29.9 Å². The number of carbonyl (C=O) groups is 1. The van der Waals surface area contributed by atoms with E-state index in [0.717, 1.165) is 48.2 Å². The summed E-state index contributed by atoms with van der Waals surface area (Å²) in [6.45, 7) is 7.91. The summed E-state index contributed by atoms with van der Waals surface area (Å²) >= 11 is 1.61. The molecule has 1 aromatic carbocycles. The second kappa shape index (κ2) is 10.4. The van der Waals surface area contributed by atoms with Gasteiger partial charge in [0.15, 0.2) is 5.16 Å². The summed E-state index contributed by atoms with van der Waals surface area (Å²) in [5.41, 5.74) is 2.51. The Morgan fingerprint density at radius 2 is 1.97 bits per heavy atom. The molecule has 0 atom stereocenters. The van der Waals surface area contributed by atoms with Gasteiger partial charge in [-0.1, -0.05) is 50.7 Å². The van der Waals surface area contributed by atoms with Gasteiger partial charge in [0.05, 0.1) is 23.1 Å². The lowest BCUT2D eigenvalue weighted by atomic mass is 10.2. The largest absolute Gasteiger partial charge is 0.352 e. The molecule has 160 valence electrons. The van der Waals surface area contributed by atoms with Gasteiger partial charge in [-0.15, -0.1) is 10.2 Å². The van der Waals surface area contributed by atoms with Gasteiger partial charge in [-0.2, -0.15) is 5.10 Å². The van der Waals surface area contributed by atoms with Crippen LogP contribution in [0.15, 0.2) is 41.7 Å². The molecule has 1 N–H and O–H groups in total. The van der Waals surface area contributed by atoms with Crippen LogP contribution in [0.4, 0.5) is 0 Å². The zero-order chi connectivity index (χ0) is 21.5. The number of para-hydroxylation sites is 1. The van der Waals surface area contributed by atoms with E-state index in [1.54, 1.807) is 18.0 Å². The first-order valence-electron chi connectivity index (χ1n) is 10.4. The normalized spacial score (nSPS) is 11.2. The van der Waals surface area contributed by atoms with Crippen molar-refractivity contribution in [3.63, 3.8) is 0 Å². The number of aromatic nitrogens is 5. The first-order valence-corrected chi connectivity index (χ1v) is 11.6. The maximum absolute atomic E-state index is 12.7. The number of nitrogens with zero attached hydrogens (tertiary/aromatic N) is 5. The summed E-state index contributed by atoms with van der Waals surface area (Å²) in [7, 11) is 0. The zero-order valence-electron chi connectivity index (χ0n) is 18.1. The fraction of sp³-hybridized carbons (Fsp3) is 0.455. The van der Waals surface area contributed by atoms with Gasteiger partial charge in [0, 0.05) is 19.5 Å². The molecule has 0 bridgehead atoms. The van der Waals surface area contributed by atoms with E-state index in [1.807, 2.05) is 48.2 Å². The lowest BCUT2D eigenvalue weighted by molar-refractivity contribution is 0.0952. The minimum Gasteiger partial charge on any atom is -0.352 e. The summed E-state index contributed by atoms with van der Waals surface area (Å²) in [5.74, 6) is 1.43. The smallest absolute Gasteiger partial charge is 0.254 e. The number of hydrogen-bond donors (Lipinski definition) is 1. The molecule has 0 saturated carbocycles. The number of rotatable bonds is 10. The molecule has 0 radical (unpaired) electrons. The Bertz CT molecular complexity index is 963. The van der Waals surface area contributed by atoms with Crippen molar-refractivity contribution in [2.75, 3.05) is 12.8 Å². The Morgan fingerprint density at radius 1 is 1.20 bits per heavy atom. The summed E-state index contributed by atoms with van der Waals surface area (Å²) < 4.78 is 4.03. The fourth-order valence-electron chi connectivity index (χ4n) is 3.44. The standard InChI is InChI=1S/C22H30N6OS/c1-5-19-18(14-24-28(19)17-10-7-6-8-11-17)21(29)23-13-9-12-20-25-26-22(30-4)27(20)15-16(2)3/h6-8,10-11,14,16H,5,9,12-13,15H2,1-4H3,(H,23,29). The van der Waals surface area contributed by atoms with Crippen molar-refractivity contribution in [2.24, 2.45) is 5.92 Å². The Kier molecular flexibility index (Phi) is 7.68. The highest BCUT2D eigenvalue weighted by Gasteiger charge is 2.17. The van der Waals surface area contributed by atoms with Gasteiger partial charge in [-0.25, -0.2) is 4.68 Å². The van der Waals surface area contributed by atoms with E-state index in [0.29, 0.717) is 18.0 Å². The number of carbonyl (C=O) groups excluding carboxylic acids is 1. The third-order valence-electron chi connectivity index (χ3n) is 4.84. The van der Waals surface area contributed by atoms with Crippen molar-refractivity contribution in [1.29, 1.82) is 0 Å². The van der Waals surface area contributed by atoms with Crippen LogP contribution in [-0.4, -0.2) is 43.3 Å². The first-order chi connectivity index (χ1) is 14.5. The fourth-order valence-corrected chi connectivity index (χ4v) is 3.97. The maximum Gasteiger partial charge on any atom is 0.254 e. The number of nitrogens with one attached hydrogen (secondary N) is 1. The van der Waals surface area contributed by atoms with Crippen LogP contribution in [0.3, 0.4) is 0 Å². The summed E-state index contributed by atoms with van der Waals surface area (Å²) in [4.78, 5) is 12.7. The van der Waals surface area contributed by atoms with Crippen LogP contribution in [0.5, 0.6) is 0 Å². The van der Waals surface area contributed by atoms with Crippen LogP contribution in [0.25, 0.3) is 5.69 Å². The minimum atomic E-state index is -0.0810. The van der Waals surface area contributed by atoms with Crippen LogP contribution in [0.1, 0.15) is 49.1 Å². The molecule has 8 heteroatoms. The second-order valence-corrected chi connectivity index (χ2v) is 8.35. The van der Waals surface area contributed by atoms with E-state index in [1.165, 1.54) is 0 Å². The summed E-state index contributed by atoms with van der Waals surface area (Å²) in [6, 6.07) is 9.89. The molecule has 0 aliphatic heterocycles. The molecule has 2 aromatic heterocycles. The first kappa shape index (κ1) is 22.1. The molecule has 3 aromatic rings. The maximum atomic E-state index is 12.7. The van der Waals surface area contributed by atoms with Gasteiger partial charge < -0.3 is 9.88 Å². The summed E-state index contributed by atoms with van der Waals surface area (Å²) in [5, 5.41) is 17.0. The van der Waals surface area contributed by atoms with Gasteiger partial charge in [-0.3, -0.25) is 4.79 Å². The lowest BCUT2D eigenvalue weighted by Crippen LogP contribution is -2.26. The minimum absolute atomic E-state index is 0.0810. The predicted octanol–water partition coefficient (Wildman–Crippen LogP) is 3.77. The molecule has 1 amide bonds. The summed E-state index contributed by atoms with van der Waals surface area (Å²) in [6.07, 6.45) is 6.00. The molecule has 0 fully saturated rings. The van der Waals surface area contributed by atoms with E-state index in [-0.39, 0.29) is 5.91 Å². The van der Waals surface area contributed by atoms with Crippen LogP contribution in [0, 0.1) is 5.92 Å². The highest BCUT2D eigenvalue weighted by atomic mass is 32.2. The number of benzene rings is 1. The van der Waals surface area contributed by atoms with Gasteiger partial charge >= 0.3 is 0 Å². The molecule has 0 aliphatic carbocycles. The van der Waals surface area contributed by atoms with Crippen LogP contribution >= 0.6 is 11.8 Å². The number of amides is 1. The molecule has 2 heterocycles. The van der Waals surface area contributed by atoms with Crippen molar-refractivity contribution >= 4 is 17.7 Å². The SMILES string of the molecule is CCc1c(C(=O)NCCCc2nnc(SC)n2CC(C)C)cnn1-c1ccccc1. The monoisotopic (exact) mass is 426 g/mol. The van der Waals surface area contributed by atoms with Crippen molar-refractivity contribution in [2.45, 2.75) is 51.7 Å². The van der Waals surface area contributed by atoms with E-state index >= 15 is 0 Å². The van der Waals surface area contributed by atoms with Gasteiger partial charge in [-0.05, 0) is 37.1 Å². The van der Waals surface area contributed by atoms with E-state index in [9.17, 15) is 4.79 Å². The van der Waals surface area contributed by atoms with E-state index in [4.69, 9.17) is 0 Å². The average Bonchev–Trinajstić information content (AvgIpc) is 3.35. The number of thioether (sulfide) groups is 1. The molecular formula is C22H30N6OS. The van der Waals surface area contributed by atoms with Crippen LogP contribution in [-0.2, 0) is 19.4 Å². The van der Waals surface area contributed by atoms with Crippen molar-refractivity contribution in [3.8, 4) is 5.69 Å². The van der Waals surface area contributed by atoms with Gasteiger partial charge in [0.1, 0.15) is 5.82 Å². The Balaban J connectivity index is 1.60. The molecule has 0 saturated heterocycles. The highest BCUT2D eigenvalue weighted by molar-refractivity contribution is 7.98. The van der Waals surface area contributed by atoms with Crippen LogP contribution < -0.4 is 5.32 Å². The molecular weight excluding hydrogens is 396 g/mol. The molecule has 0 spiro atoms. The molecule has 30 heavy (non-hydrogen) atoms. The second-order valence-electron chi connectivity index (χ2n) is 7.57. The topological polar surface area (TPSA) is 77.6 Å². The average molecular weight is 427 g/mol. The van der Waals surface area contributed by atoms with Crippen LogP contribution in [0.2, 0.25) is 0 Å². The number of aryl methyl sites for hydroxylation is 1. The lowest BCUT2D eigenvalue weighted by Gasteiger charge is -2.12. The Hall–Kier alpha value is -2.61. The molecule has 3 rings (SSSR count). The molecule has 7 nitrogen and oxygen atoms in total. The highest BCUT2D eigenvalue weighted by Crippen LogP contribution is 2.17. The molecule has 0 aliphatic rings. The van der Waals surface area contributed by atoms with Crippen molar-refractivity contribution < 1.29 is 4.79 Å². The Labute approximate surface area is 182 Å².